The number of aryl methyl sites for hydroxylation is 2. The Balaban J connectivity index is 2.18. The molecule has 2 aromatic carbocycles. The average Bonchev–Trinajstić information content (AvgIpc) is 2.41. The van der Waals surface area contributed by atoms with Gasteiger partial charge in [-0.15, -0.1) is 0 Å². The first-order valence-electron chi connectivity index (χ1n) is 6.47. The number of ketones is 1. The molecule has 2 nitrogen and oxygen atoms in total. The van der Waals surface area contributed by atoms with Crippen LogP contribution in [0, 0.1) is 13.8 Å². The van der Waals surface area contributed by atoms with Crippen molar-refractivity contribution in [2.75, 3.05) is 0 Å². The van der Waals surface area contributed by atoms with Gasteiger partial charge >= 0.3 is 0 Å². The third-order valence-electron chi connectivity index (χ3n) is 3.29. The summed E-state index contributed by atoms with van der Waals surface area (Å²) in [6.07, 6.45) is 0. The second kappa shape index (κ2) is 6.23. The SMILES string of the molecule is CC(=O)c1cc(Br)ccc1OCc1ccc(C)c(C)c1. The van der Waals surface area contributed by atoms with Crippen LogP contribution in [-0.4, -0.2) is 5.78 Å². The van der Waals surface area contributed by atoms with Crippen LogP contribution in [0.1, 0.15) is 34.0 Å². The molecule has 104 valence electrons. The van der Waals surface area contributed by atoms with Gasteiger partial charge in [0.2, 0.25) is 0 Å². The summed E-state index contributed by atoms with van der Waals surface area (Å²) in [7, 11) is 0. The zero-order valence-electron chi connectivity index (χ0n) is 11.9. The maximum atomic E-state index is 11.6. The monoisotopic (exact) mass is 332 g/mol. The Hall–Kier alpha value is -1.61. The van der Waals surface area contributed by atoms with Gasteiger partial charge in [0.05, 0.1) is 5.56 Å². The summed E-state index contributed by atoms with van der Waals surface area (Å²) in [6, 6.07) is 11.7. The van der Waals surface area contributed by atoms with Crippen molar-refractivity contribution < 1.29 is 9.53 Å². The molecule has 2 rings (SSSR count). The van der Waals surface area contributed by atoms with Gasteiger partial charge < -0.3 is 4.74 Å². The van der Waals surface area contributed by atoms with Crippen LogP contribution in [0.15, 0.2) is 40.9 Å². The maximum Gasteiger partial charge on any atom is 0.163 e. The predicted molar refractivity (Wildman–Crippen MR) is 84.4 cm³/mol. The molecule has 0 spiro atoms. The molecule has 0 aliphatic carbocycles. The van der Waals surface area contributed by atoms with E-state index in [1.807, 2.05) is 12.1 Å². The van der Waals surface area contributed by atoms with Crippen LogP contribution in [-0.2, 0) is 6.61 Å². The number of carbonyl (C=O) groups excluding carboxylic acids is 1. The van der Waals surface area contributed by atoms with E-state index in [1.54, 1.807) is 13.0 Å². The van der Waals surface area contributed by atoms with Crippen molar-refractivity contribution in [1.82, 2.24) is 0 Å². The highest BCUT2D eigenvalue weighted by Crippen LogP contribution is 2.24. The maximum absolute atomic E-state index is 11.6. The van der Waals surface area contributed by atoms with Crippen molar-refractivity contribution in [2.24, 2.45) is 0 Å². The summed E-state index contributed by atoms with van der Waals surface area (Å²) in [5.74, 6) is 0.625. The molecule has 0 bridgehead atoms. The van der Waals surface area contributed by atoms with E-state index in [4.69, 9.17) is 4.74 Å². The van der Waals surface area contributed by atoms with Gasteiger partial charge in [-0.2, -0.15) is 0 Å². The molecule has 0 aliphatic rings. The van der Waals surface area contributed by atoms with Gasteiger partial charge in [-0.3, -0.25) is 4.79 Å². The zero-order chi connectivity index (χ0) is 14.7. The molecule has 0 amide bonds. The van der Waals surface area contributed by atoms with Crippen LogP contribution < -0.4 is 4.74 Å². The van der Waals surface area contributed by atoms with Crippen LogP contribution in [0.2, 0.25) is 0 Å². The minimum atomic E-state index is 0.00128. The van der Waals surface area contributed by atoms with Gasteiger partial charge in [0, 0.05) is 4.47 Å². The minimum absolute atomic E-state index is 0.00128. The lowest BCUT2D eigenvalue weighted by atomic mass is 10.1. The molecule has 0 fully saturated rings. The summed E-state index contributed by atoms with van der Waals surface area (Å²) in [6.45, 7) is 6.18. The molecule has 0 saturated heterocycles. The van der Waals surface area contributed by atoms with Crippen LogP contribution in [0.25, 0.3) is 0 Å². The Labute approximate surface area is 127 Å². The highest BCUT2D eigenvalue weighted by atomic mass is 79.9. The molecule has 2 aromatic rings. The summed E-state index contributed by atoms with van der Waals surface area (Å²) < 4.78 is 6.67. The second-order valence-corrected chi connectivity index (χ2v) is 5.82. The van der Waals surface area contributed by atoms with E-state index >= 15 is 0 Å². The normalized spacial score (nSPS) is 10.4. The topological polar surface area (TPSA) is 26.3 Å². The van der Waals surface area contributed by atoms with Crippen LogP contribution >= 0.6 is 15.9 Å². The summed E-state index contributed by atoms with van der Waals surface area (Å²) in [5.41, 5.74) is 4.21. The van der Waals surface area contributed by atoms with Gasteiger partial charge in [-0.25, -0.2) is 0 Å². The van der Waals surface area contributed by atoms with E-state index in [0.29, 0.717) is 17.9 Å². The standard InChI is InChI=1S/C17H17BrO2/c1-11-4-5-14(8-12(11)2)10-20-17-7-6-15(18)9-16(17)13(3)19/h4-9H,10H2,1-3H3. The number of benzene rings is 2. The van der Waals surface area contributed by atoms with Gasteiger partial charge in [0.1, 0.15) is 12.4 Å². The molecule has 0 aromatic heterocycles. The van der Waals surface area contributed by atoms with Crippen molar-refractivity contribution in [3.63, 3.8) is 0 Å². The van der Waals surface area contributed by atoms with Crippen LogP contribution in [0.3, 0.4) is 0 Å². The molecule has 3 heteroatoms. The molecule has 0 radical (unpaired) electrons. The van der Waals surface area contributed by atoms with E-state index < -0.39 is 0 Å². The first-order chi connectivity index (χ1) is 9.47. The van der Waals surface area contributed by atoms with Crippen molar-refractivity contribution in [3.8, 4) is 5.75 Å². The Morgan fingerprint density at radius 3 is 2.50 bits per heavy atom. The van der Waals surface area contributed by atoms with E-state index in [2.05, 4.69) is 48.0 Å². The molecule has 0 aliphatic heterocycles. The average molecular weight is 333 g/mol. The summed E-state index contributed by atoms with van der Waals surface area (Å²) in [5, 5.41) is 0. The Morgan fingerprint density at radius 1 is 1.10 bits per heavy atom. The summed E-state index contributed by atoms with van der Waals surface area (Å²) >= 11 is 3.37. The van der Waals surface area contributed by atoms with Crippen molar-refractivity contribution in [1.29, 1.82) is 0 Å². The third kappa shape index (κ3) is 3.48. The van der Waals surface area contributed by atoms with Crippen molar-refractivity contribution >= 4 is 21.7 Å². The zero-order valence-corrected chi connectivity index (χ0v) is 13.5. The fraction of sp³-hybridized carbons (Fsp3) is 0.235. The van der Waals surface area contributed by atoms with Gasteiger partial charge in [0.15, 0.2) is 5.78 Å². The van der Waals surface area contributed by atoms with E-state index in [0.717, 1.165) is 10.0 Å². The molecule has 0 unspecified atom stereocenters. The molecular weight excluding hydrogens is 316 g/mol. The van der Waals surface area contributed by atoms with E-state index in [1.165, 1.54) is 11.1 Å². The van der Waals surface area contributed by atoms with Gasteiger partial charge in [0.25, 0.3) is 0 Å². The van der Waals surface area contributed by atoms with Gasteiger partial charge in [-0.1, -0.05) is 34.1 Å². The fourth-order valence-electron chi connectivity index (χ4n) is 1.96. The second-order valence-electron chi connectivity index (χ2n) is 4.90. The molecule has 20 heavy (non-hydrogen) atoms. The molecule has 0 heterocycles. The van der Waals surface area contributed by atoms with Crippen LogP contribution in [0.5, 0.6) is 5.75 Å². The lowest BCUT2D eigenvalue weighted by molar-refractivity contribution is 0.101. The highest BCUT2D eigenvalue weighted by Gasteiger charge is 2.09. The molecular formula is C17H17BrO2. The Bertz CT molecular complexity index is 647. The number of carbonyl (C=O) groups is 1. The number of hydrogen-bond donors (Lipinski definition) is 0. The Morgan fingerprint density at radius 2 is 1.85 bits per heavy atom. The summed E-state index contributed by atoms with van der Waals surface area (Å²) in [4.78, 5) is 11.6. The van der Waals surface area contributed by atoms with Crippen molar-refractivity contribution in [2.45, 2.75) is 27.4 Å². The van der Waals surface area contributed by atoms with Crippen molar-refractivity contribution in [3.05, 3.63) is 63.1 Å². The quantitative estimate of drug-likeness (QED) is 0.748. The lowest BCUT2D eigenvalue weighted by Gasteiger charge is -2.11. The number of rotatable bonds is 4. The first kappa shape index (κ1) is 14.8. The lowest BCUT2D eigenvalue weighted by Crippen LogP contribution is -2.02. The fourth-order valence-corrected chi connectivity index (χ4v) is 2.32. The molecule has 0 saturated carbocycles. The van der Waals surface area contributed by atoms with E-state index in [-0.39, 0.29) is 5.78 Å². The first-order valence-corrected chi connectivity index (χ1v) is 7.26. The number of halogens is 1. The number of hydrogen-bond acceptors (Lipinski definition) is 2. The number of Topliss-reactive ketones (excluding diaryl/α,β-unsaturated/α-hetero) is 1. The highest BCUT2D eigenvalue weighted by molar-refractivity contribution is 9.10. The molecule has 0 N–H and O–H groups in total. The molecule has 0 atom stereocenters. The Kier molecular flexibility index (Phi) is 4.61. The third-order valence-corrected chi connectivity index (χ3v) is 3.78. The number of ether oxygens (including phenoxy) is 1. The predicted octanol–water partition coefficient (Wildman–Crippen LogP) is 4.85. The van der Waals surface area contributed by atoms with E-state index in [9.17, 15) is 4.79 Å². The van der Waals surface area contributed by atoms with Gasteiger partial charge in [-0.05, 0) is 55.7 Å². The van der Waals surface area contributed by atoms with Crippen LogP contribution in [0.4, 0.5) is 0 Å². The smallest absolute Gasteiger partial charge is 0.163 e. The largest absolute Gasteiger partial charge is 0.488 e. The minimum Gasteiger partial charge on any atom is -0.488 e.